The number of nitrogens with one attached hydrogen (secondary N) is 1. The molecule has 1 aliphatic rings. The van der Waals surface area contributed by atoms with Crippen LogP contribution in [0.5, 0.6) is 0 Å². The van der Waals surface area contributed by atoms with Crippen LogP contribution in [0.3, 0.4) is 0 Å². The molecule has 0 radical (unpaired) electrons. The van der Waals surface area contributed by atoms with Gasteiger partial charge in [0.25, 0.3) is 0 Å². The van der Waals surface area contributed by atoms with Crippen molar-refractivity contribution in [3.05, 3.63) is 34.9 Å². The van der Waals surface area contributed by atoms with Gasteiger partial charge in [0.1, 0.15) is 0 Å². The van der Waals surface area contributed by atoms with Crippen molar-refractivity contribution in [2.75, 3.05) is 0 Å². The Labute approximate surface area is 106 Å². The molecule has 0 aromatic heterocycles. The van der Waals surface area contributed by atoms with E-state index < -0.39 is 5.54 Å². The summed E-state index contributed by atoms with van der Waals surface area (Å²) in [6.07, 6.45) is 2.58. The number of carbonyl (C=O) groups excluding carboxylic acids is 1. The van der Waals surface area contributed by atoms with E-state index in [0.717, 1.165) is 24.8 Å². The van der Waals surface area contributed by atoms with Crippen molar-refractivity contribution in [2.24, 2.45) is 5.73 Å². The number of hydrogen-bond donors (Lipinski definition) is 2. The minimum absolute atomic E-state index is 0.0730. The van der Waals surface area contributed by atoms with Crippen LogP contribution in [0, 0.1) is 0 Å². The first-order chi connectivity index (χ1) is 8.03. The molecule has 1 aliphatic carbocycles. The molecule has 3 N–H and O–H groups in total. The third kappa shape index (κ3) is 2.45. The van der Waals surface area contributed by atoms with Gasteiger partial charge < -0.3 is 11.1 Å². The fourth-order valence-electron chi connectivity index (χ4n) is 2.03. The second kappa shape index (κ2) is 4.67. The first-order valence-electron chi connectivity index (χ1n) is 5.87. The molecule has 1 atom stereocenters. The molecule has 1 saturated carbocycles. The Hall–Kier alpha value is -1.06. The lowest BCUT2D eigenvalue weighted by Gasteiger charge is -2.37. The maximum Gasteiger partial charge on any atom is 0.240 e. The van der Waals surface area contributed by atoms with Crippen molar-refractivity contribution in [1.29, 1.82) is 0 Å². The molecule has 0 aliphatic heterocycles. The lowest BCUT2D eigenvalue weighted by molar-refractivity contribution is -0.129. The number of benzene rings is 1. The third-order valence-electron chi connectivity index (χ3n) is 3.42. The second-order valence-corrected chi connectivity index (χ2v) is 5.13. The average molecular weight is 253 g/mol. The van der Waals surface area contributed by atoms with E-state index in [1.165, 1.54) is 0 Å². The average Bonchev–Trinajstić information content (AvgIpc) is 2.26. The van der Waals surface area contributed by atoms with Gasteiger partial charge in [-0.05, 0) is 37.8 Å². The van der Waals surface area contributed by atoms with Gasteiger partial charge in [-0.15, -0.1) is 0 Å². The second-order valence-electron chi connectivity index (χ2n) is 4.73. The van der Waals surface area contributed by atoms with Crippen LogP contribution in [-0.4, -0.2) is 11.4 Å². The van der Waals surface area contributed by atoms with Crippen molar-refractivity contribution in [1.82, 2.24) is 5.32 Å². The molecule has 0 bridgehead atoms. The largest absolute Gasteiger partial charge is 0.348 e. The van der Waals surface area contributed by atoms with E-state index in [0.29, 0.717) is 5.02 Å². The van der Waals surface area contributed by atoms with E-state index in [-0.39, 0.29) is 11.9 Å². The van der Waals surface area contributed by atoms with Crippen molar-refractivity contribution >= 4 is 17.5 Å². The summed E-state index contributed by atoms with van der Waals surface area (Å²) in [6.45, 7) is 1.92. The van der Waals surface area contributed by atoms with Crippen LogP contribution in [-0.2, 0) is 4.79 Å². The van der Waals surface area contributed by atoms with Gasteiger partial charge in [0.15, 0.2) is 0 Å². The maximum atomic E-state index is 12.0. The number of carbonyl (C=O) groups is 1. The van der Waals surface area contributed by atoms with Gasteiger partial charge in [0.05, 0.1) is 11.6 Å². The van der Waals surface area contributed by atoms with E-state index in [2.05, 4.69) is 5.32 Å². The fourth-order valence-corrected chi connectivity index (χ4v) is 2.33. The highest BCUT2D eigenvalue weighted by Gasteiger charge is 2.40. The van der Waals surface area contributed by atoms with Gasteiger partial charge in [-0.2, -0.15) is 0 Å². The van der Waals surface area contributed by atoms with E-state index in [1.807, 2.05) is 31.2 Å². The maximum absolute atomic E-state index is 12.0. The van der Waals surface area contributed by atoms with Crippen LogP contribution < -0.4 is 11.1 Å². The van der Waals surface area contributed by atoms with E-state index in [4.69, 9.17) is 17.3 Å². The van der Waals surface area contributed by atoms with E-state index in [9.17, 15) is 4.79 Å². The highest BCUT2D eigenvalue weighted by Crippen LogP contribution is 2.30. The van der Waals surface area contributed by atoms with Crippen LogP contribution in [0.25, 0.3) is 0 Å². The topological polar surface area (TPSA) is 55.1 Å². The Balaban J connectivity index is 2.04. The van der Waals surface area contributed by atoms with Crippen molar-refractivity contribution in [3.63, 3.8) is 0 Å². The van der Waals surface area contributed by atoms with Gasteiger partial charge in [-0.25, -0.2) is 0 Å². The first kappa shape index (κ1) is 12.4. The van der Waals surface area contributed by atoms with Crippen LogP contribution >= 0.6 is 11.6 Å². The number of hydrogen-bond acceptors (Lipinski definition) is 2. The molecule has 1 amide bonds. The molecule has 1 fully saturated rings. The molecular formula is C13H17ClN2O. The summed E-state index contributed by atoms with van der Waals surface area (Å²) in [5.74, 6) is -0.0730. The summed E-state index contributed by atoms with van der Waals surface area (Å²) in [5, 5.41) is 3.60. The molecule has 3 nitrogen and oxygen atoms in total. The molecule has 0 saturated heterocycles. The summed E-state index contributed by atoms with van der Waals surface area (Å²) in [4.78, 5) is 12.0. The Morgan fingerprint density at radius 2 is 2.12 bits per heavy atom. The molecule has 4 heteroatoms. The number of rotatable bonds is 3. The summed E-state index contributed by atoms with van der Waals surface area (Å²) in [5.41, 5.74) is 6.23. The monoisotopic (exact) mass is 252 g/mol. The van der Waals surface area contributed by atoms with Crippen LogP contribution in [0.15, 0.2) is 24.3 Å². The zero-order valence-corrected chi connectivity index (χ0v) is 10.6. The zero-order valence-electron chi connectivity index (χ0n) is 9.87. The molecule has 0 unspecified atom stereocenters. The zero-order chi connectivity index (χ0) is 12.5. The molecule has 2 rings (SSSR count). The number of nitrogens with two attached hydrogens (primary N) is 1. The van der Waals surface area contributed by atoms with Crippen molar-refractivity contribution in [3.8, 4) is 0 Å². The molecule has 1 aromatic rings. The normalized spacial score (nSPS) is 19.2. The first-order valence-corrected chi connectivity index (χ1v) is 6.25. The van der Waals surface area contributed by atoms with Crippen LogP contribution in [0.4, 0.5) is 0 Å². The Morgan fingerprint density at radius 3 is 2.65 bits per heavy atom. The fraction of sp³-hybridized carbons (Fsp3) is 0.462. The minimum Gasteiger partial charge on any atom is -0.348 e. The standard InChI is InChI=1S/C13H17ClN2O/c1-9(10-5-2-3-6-11(10)14)16-12(17)13(15)7-4-8-13/h2-3,5-6,9H,4,7-8,15H2,1H3,(H,16,17)/t9-/m1/s1. The summed E-state index contributed by atoms with van der Waals surface area (Å²) in [7, 11) is 0. The van der Waals surface area contributed by atoms with Crippen molar-refractivity contribution < 1.29 is 4.79 Å². The predicted molar refractivity (Wildman–Crippen MR) is 68.8 cm³/mol. The smallest absolute Gasteiger partial charge is 0.240 e. The lowest BCUT2D eigenvalue weighted by Crippen LogP contribution is -2.58. The molecular weight excluding hydrogens is 236 g/mol. The van der Waals surface area contributed by atoms with Gasteiger partial charge in [0, 0.05) is 5.02 Å². The molecule has 0 heterocycles. The van der Waals surface area contributed by atoms with Gasteiger partial charge in [-0.1, -0.05) is 29.8 Å². The Morgan fingerprint density at radius 1 is 1.47 bits per heavy atom. The van der Waals surface area contributed by atoms with E-state index in [1.54, 1.807) is 0 Å². The Bertz CT molecular complexity index is 429. The number of amides is 1. The predicted octanol–water partition coefficient (Wildman–Crippen LogP) is 2.40. The molecule has 1 aromatic carbocycles. The highest BCUT2D eigenvalue weighted by molar-refractivity contribution is 6.31. The van der Waals surface area contributed by atoms with Gasteiger partial charge >= 0.3 is 0 Å². The Kier molecular flexibility index (Phi) is 3.40. The summed E-state index contributed by atoms with van der Waals surface area (Å²) in [6, 6.07) is 7.40. The SMILES string of the molecule is C[C@@H](NC(=O)C1(N)CCC1)c1ccccc1Cl. The molecule has 92 valence electrons. The van der Waals surface area contributed by atoms with E-state index >= 15 is 0 Å². The van der Waals surface area contributed by atoms with Gasteiger partial charge in [0.2, 0.25) is 5.91 Å². The van der Waals surface area contributed by atoms with Crippen molar-refractivity contribution in [2.45, 2.75) is 37.8 Å². The minimum atomic E-state index is -0.657. The summed E-state index contributed by atoms with van der Waals surface area (Å²) >= 11 is 6.08. The van der Waals surface area contributed by atoms with Crippen LogP contribution in [0.1, 0.15) is 37.8 Å². The lowest BCUT2D eigenvalue weighted by atomic mass is 9.77. The third-order valence-corrected chi connectivity index (χ3v) is 3.76. The summed E-state index contributed by atoms with van der Waals surface area (Å²) < 4.78 is 0. The van der Waals surface area contributed by atoms with Crippen LogP contribution in [0.2, 0.25) is 5.02 Å². The molecule has 0 spiro atoms. The quantitative estimate of drug-likeness (QED) is 0.868. The van der Waals surface area contributed by atoms with Gasteiger partial charge in [-0.3, -0.25) is 4.79 Å². The number of halogens is 1. The highest BCUT2D eigenvalue weighted by atomic mass is 35.5. The molecule has 17 heavy (non-hydrogen) atoms.